The molecule has 0 radical (unpaired) electrons. The van der Waals surface area contributed by atoms with Gasteiger partial charge in [0.1, 0.15) is 12.3 Å². The van der Waals surface area contributed by atoms with Gasteiger partial charge >= 0.3 is 5.97 Å². The monoisotopic (exact) mass is 368 g/mol. The van der Waals surface area contributed by atoms with E-state index in [9.17, 15) is 19.2 Å². The fourth-order valence-corrected chi connectivity index (χ4v) is 2.56. The summed E-state index contributed by atoms with van der Waals surface area (Å²) < 4.78 is 10.8. The molecule has 0 spiro atoms. The van der Waals surface area contributed by atoms with E-state index in [2.05, 4.69) is 5.10 Å². The molecule has 2 aromatic carbocycles. The van der Waals surface area contributed by atoms with Gasteiger partial charge in [-0.25, -0.2) is 4.68 Å². The summed E-state index contributed by atoms with van der Waals surface area (Å²) in [5.41, 5.74) is -0.690. The van der Waals surface area contributed by atoms with Crippen molar-refractivity contribution in [2.24, 2.45) is 0 Å². The fraction of sp³-hybridized carbons (Fsp3) is 0.158. The standard InChI is InChI=1S/C19H16N2O6/c1-26-13-6-4-5-12(9-13)16(22)11-27-17(23)10-21-19(25)15-8-3-2-7-14(15)18(24)20-21/h2-9H,10-11H2,1H3,(H,20,24). The van der Waals surface area contributed by atoms with E-state index < -0.39 is 36.0 Å². The molecular formula is C19H16N2O6. The number of aromatic amines is 1. The molecule has 8 nitrogen and oxygen atoms in total. The van der Waals surface area contributed by atoms with Crippen LogP contribution in [0.5, 0.6) is 5.75 Å². The van der Waals surface area contributed by atoms with Gasteiger partial charge in [0.15, 0.2) is 12.4 Å². The normalized spacial score (nSPS) is 10.6. The van der Waals surface area contributed by atoms with Gasteiger partial charge in [0.2, 0.25) is 0 Å². The van der Waals surface area contributed by atoms with Crippen molar-refractivity contribution in [3.05, 3.63) is 74.8 Å². The van der Waals surface area contributed by atoms with Crippen LogP contribution in [0, 0.1) is 0 Å². The first kappa shape index (κ1) is 18.1. The van der Waals surface area contributed by atoms with Gasteiger partial charge in [-0.2, -0.15) is 0 Å². The topological polar surface area (TPSA) is 107 Å². The predicted molar refractivity (Wildman–Crippen MR) is 97.1 cm³/mol. The molecule has 0 saturated heterocycles. The number of methoxy groups -OCH3 is 1. The Kier molecular flexibility index (Phi) is 5.16. The van der Waals surface area contributed by atoms with Crippen molar-refractivity contribution >= 4 is 22.5 Å². The van der Waals surface area contributed by atoms with Crippen LogP contribution in [0.1, 0.15) is 10.4 Å². The Morgan fingerprint density at radius 1 is 1.04 bits per heavy atom. The van der Waals surface area contributed by atoms with Crippen LogP contribution in [0.15, 0.2) is 58.1 Å². The Labute approximate surface area is 152 Å². The van der Waals surface area contributed by atoms with Gasteiger partial charge in [-0.15, -0.1) is 0 Å². The van der Waals surface area contributed by atoms with Crippen LogP contribution < -0.4 is 15.9 Å². The van der Waals surface area contributed by atoms with Gasteiger partial charge < -0.3 is 9.47 Å². The fourth-order valence-electron chi connectivity index (χ4n) is 2.56. The van der Waals surface area contributed by atoms with Gasteiger partial charge in [0.25, 0.3) is 11.1 Å². The number of esters is 1. The highest BCUT2D eigenvalue weighted by molar-refractivity contribution is 5.98. The SMILES string of the molecule is COc1cccc(C(=O)COC(=O)Cn2[nH]c(=O)c3ccccc3c2=O)c1. The lowest BCUT2D eigenvalue weighted by molar-refractivity contribution is -0.143. The lowest BCUT2D eigenvalue weighted by Crippen LogP contribution is -2.33. The summed E-state index contributed by atoms with van der Waals surface area (Å²) >= 11 is 0. The van der Waals surface area contributed by atoms with Crippen LogP contribution in [0.3, 0.4) is 0 Å². The van der Waals surface area contributed by atoms with Gasteiger partial charge in [-0.3, -0.25) is 24.3 Å². The molecule has 138 valence electrons. The zero-order chi connectivity index (χ0) is 19.4. The molecule has 8 heteroatoms. The molecule has 0 aliphatic heterocycles. The minimum Gasteiger partial charge on any atom is -0.497 e. The predicted octanol–water partition coefficient (Wildman–Crippen LogP) is 1.12. The average Bonchev–Trinajstić information content (AvgIpc) is 2.70. The third kappa shape index (κ3) is 3.95. The summed E-state index contributed by atoms with van der Waals surface area (Å²) in [5.74, 6) is -0.728. The summed E-state index contributed by atoms with van der Waals surface area (Å²) in [6, 6.07) is 12.7. The number of ether oxygens (including phenoxy) is 2. The molecular weight excluding hydrogens is 352 g/mol. The number of rotatable bonds is 6. The van der Waals surface area contributed by atoms with Crippen molar-refractivity contribution in [1.82, 2.24) is 9.78 Å². The van der Waals surface area contributed by atoms with Crippen LogP contribution in [0.25, 0.3) is 10.8 Å². The molecule has 0 bridgehead atoms. The minimum absolute atomic E-state index is 0.196. The Balaban J connectivity index is 1.70. The second-order valence-electron chi connectivity index (χ2n) is 5.69. The van der Waals surface area contributed by atoms with E-state index in [4.69, 9.17) is 9.47 Å². The van der Waals surface area contributed by atoms with Gasteiger partial charge in [0, 0.05) is 5.56 Å². The molecule has 1 aromatic heterocycles. The highest BCUT2D eigenvalue weighted by atomic mass is 16.5. The molecule has 0 aliphatic carbocycles. The van der Waals surface area contributed by atoms with E-state index in [-0.39, 0.29) is 10.8 Å². The Morgan fingerprint density at radius 3 is 2.52 bits per heavy atom. The Bertz CT molecular complexity index is 1130. The number of nitrogens with zero attached hydrogens (tertiary/aromatic N) is 1. The van der Waals surface area contributed by atoms with Gasteiger partial charge in [-0.05, 0) is 24.3 Å². The molecule has 27 heavy (non-hydrogen) atoms. The van der Waals surface area contributed by atoms with Crippen LogP contribution in [0.4, 0.5) is 0 Å². The Hall–Kier alpha value is -3.68. The van der Waals surface area contributed by atoms with Gasteiger partial charge in [-0.1, -0.05) is 24.3 Å². The first-order valence-corrected chi connectivity index (χ1v) is 8.04. The summed E-state index contributed by atoms with van der Waals surface area (Å²) in [6.07, 6.45) is 0. The van der Waals surface area contributed by atoms with E-state index in [1.165, 1.54) is 25.3 Å². The van der Waals surface area contributed by atoms with Crippen LogP contribution in [0.2, 0.25) is 0 Å². The molecule has 1 heterocycles. The first-order chi connectivity index (χ1) is 13.0. The van der Waals surface area contributed by atoms with Crippen molar-refractivity contribution in [3.63, 3.8) is 0 Å². The second kappa shape index (κ2) is 7.69. The van der Waals surface area contributed by atoms with E-state index in [0.29, 0.717) is 11.3 Å². The maximum absolute atomic E-state index is 12.4. The minimum atomic E-state index is -0.820. The zero-order valence-electron chi connectivity index (χ0n) is 14.4. The van der Waals surface area contributed by atoms with Crippen molar-refractivity contribution in [2.45, 2.75) is 6.54 Å². The number of benzene rings is 2. The van der Waals surface area contributed by atoms with Crippen molar-refractivity contribution in [2.75, 3.05) is 13.7 Å². The number of carbonyl (C=O) groups is 2. The number of ketones is 1. The van der Waals surface area contributed by atoms with E-state index in [0.717, 1.165) is 4.68 Å². The van der Waals surface area contributed by atoms with E-state index >= 15 is 0 Å². The lowest BCUT2D eigenvalue weighted by Gasteiger charge is -2.08. The number of aromatic nitrogens is 2. The van der Waals surface area contributed by atoms with E-state index in [1.807, 2.05) is 0 Å². The number of carbonyl (C=O) groups excluding carboxylic acids is 2. The number of hydrogen-bond acceptors (Lipinski definition) is 6. The zero-order valence-corrected chi connectivity index (χ0v) is 14.4. The number of nitrogens with one attached hydrogen (secondary N) is 1. The number of Topliss-reactive ketones (excluding diaryl/α,β-unsaturated/α-hetero) is 1. The molecule has 0 saturated carbocycles. The number of fused-ring (bicyclic) bond motifs is 1. The summed E-state index contributed by atoms with van der Waals surface area (Å²) in [6.45, 7) is -0.997. The quantitative estimate of drug-likeness (QED) is 0.516. The highest BCUT2D eigenvalue weighted by Crippen LogP contribution is 2.13. The third-order valence-electron chi connectivity index (χ3n) is 3.93. The first-order valence-electron chi connectivity index (χ1n) is 8.04. The summed E-state index contributed by atoms with van der Waals surface area (Å²) in [5, 5.41) is 2.76. The molecule has 0 amide bonds. The lowest BCUT2D eigenvalue weighted by atomic mass is 10.1. The van der Waals surface area contributed by atoms with E-state index in [1.54, 1.807) is 30.3 Å². The molecule has 0 aliphatic rings. The largest absolute Gasteiger partial charge is 0.497 e. The molecule has 3 aromatic rings. The molecule has 3 rings (SSSR count). The number of hydrogen-bond donors (Lipinski definition) is 1. The van der Waals surface area contributed by atoms with Crippen LogP contribution in [-0.4, -0.2) is 35.2 Å². The summed E-state index contributed by atoms with van der Waals surface area (Å²) in [4.78, 5) is 48.5. The summed E-state index contributed by atoms with van der Waals surface area (Å²) in [7, 11) is 1.48. The van der Waals surface area contributed by atoms with Crippen LogP contribution in [-0.2, 0) is 16.1 Å². The molecule has 0 atom stereocenters. The van der Waals surface area contributed by atoms with Gasteiger partial charge in [0.05, 0.1) is 17.9 Å². The Morgan fingerprint density at radius 2 is 1.78 bits per heavy atom. The van der Waals surface area contributed by atoms with Crippen molar-refractivity contribution in [1.29, 1.82) is 0 Å². The van der Waals surface area contributed by atoms with Crippen molar-refractivity contribution < 1.29 is 19.1 Å². The number of H-pyrrole nitrogens is 1. The van der Waals surface area contributed by atoms with Crippen LogP contribution >= 0.6 is 0 Å². The highest BCUT2D eigenvalue weighted by Gasteiger charge is 2.14. The molecule has 0 fully saturated rings. The average molecular weight is 368 g/mol. The maximum Gasteiger partial charge on any atom is 0.328 e. The molecule has 1 N–H and O–H groups in total. The third-order valence-corrected chi connectivity index (χ3v) is 3.93. The van der Waals surface area contributed by atoms with Crippen molar-refractivity contribution in [3.8, 4) is 5.75 Å². The smallest absolute Gasteiger partial charge is 0.328 e. The second-order valence-corrected chi connectivity index (χ2v) is 5.69. The maximum atomic E-state index is 12.4. The molecule has 0 unspecified atom stereocenters.